The lowest BCUT2D eigenvalue weighted by Gasteiger charge is -2.30. The van der Waals surface area contributed by atoms with Crippen LogP contribution < -0.4 is 9.64 Å². The smallest absolute Gasteiger partial charge is 0.274 e. The van der Waals surface area contributed by atoms with E-state index in [0.29, 0.717) is 18.1 Å². The number of hydrogen-bond donors (Lipinski definition) is 0. The largest absolute Gasteiger partial charge is 0.480 e. The Balaban J connectivity index is 1.93. The van der Waals surface area contributed by atoms with Crippen LogP contribution >= 0.6 is 0 Å². The number of carbonyl (C=O) groups excluding carboxylic acids is 1. The minimum absolute atomic E-state index is 0.0953. The summed E-state index contributed by atoms with van der Waals surface area (Å²) in [7, 11) is 3.60. The standard InChI is InChI=1S/C18H22N4O2/c1-4-14-12-21(2)16-8-6-5-7-13(16)11-22(14)18(23)15-9-10-17(24-3)20-19-15/h5-10,14H,4,11-12H2,1-3H3/t14-/m1/s1. The molecular formula is C18H22N4O2. The topological polar surface area (TPSA) is 58.6 Å². The molecule has 1 aliphatic heterocycles. The van der Waals surface area contributed by atoms with Crippen LogP contribution in [0, 0.1) is 0 Å². The molecule has 0 N–H and O–H groups in total. The normalized spacial score (nSPS) is 17.2. The van der Waals surface area contributed by atoms with Crippen molar-refractivity contribution in [3.05, 3.63) is 47.7 Å². The first kappa shape index (κ1) is 16.2. The lowest BCUT2D eigenvalue weighted by molar-refractivity contribution is 0.0660. The van der Waals surface area contributed by atoms with Crippen molar-refractivity contribution in [1.29, 1.82) is 0 Å². The molecule has 0 fully saturated rings. The number of nitrogens with zero attached hydrogens (tertiary/aromatic N) is 4. The summed E-state index contributed by atoms with van der Waals surface area (Å²) in [6, 6.07) is 11.7. The summed E-state index contributed by atoms with van der Waals surface area (Å²) in [5, 5.41) is 7.94. The van der Waals surface area contributed by atoms with Crippen LogP contribution in [0.4, 0.5) is 5.69 Å². The number of likely N-dealkylation sites (N-methyl/N-ethyl adjacent to an activating group) is 1. The number of carbonyl (C=O) groups is 1. The molecule has 1 aliphatic rings. The highest BCUT2D eigenvalue weighted by atomic mass is 16.5. The highest BCUT2D eigenvalue weighted by Gasteiger charge is 2.30. The maximum Gasteiger partial charge on any atom is 0.274 e. The molecule has 2 heterocycles. The molecule has 1 atom stereocenters. The SMILES string of the molecule is CC[C@@H]1CN(C)c2ccccc2CN1C(=O)c1ccc(OC)nn1. The molecule has 0 spiro atoms. The molecule has 6 nitrogen and oxygen atoms in total. The van der Waals surface area contributed by atoms with Crippen LogP contribution in [-0.2, 0) is 6.54 Å². The van der Waals surface area contributed by atoms with Crippen molar-refractivity contribution in [3.63, 3.8) is 0 Å². The molecule has 0 saturated heterocycles. The average Bonchev–Trinajstić information content (AvgIpc) is 2.78. The minimum Gasteiger partial charge on any atom is -0.480 e. The number of amides is 1. The Bertz CT molecular complexity index is 717. The second-order valence-electron chi connectivity index (χ2n) is 5.97. The van der Waals surface area contributed by atoms with Crippen LogP contribution in [0.15, 0.2) is 36.4 Å². The van der Waals surface area contributed by atoms with E-state index in [1.165, 1.54) is 12.8 Å². The van der Waals surface area contributed by atoms with Crippen LogP contribution in [0.5, 0.6) is 5.88 Å². The molecule has 1 aromatic heterocycles. The third-order valence-corrected chi connectivity index (χ3v) is 4.47. The van der Waals surface area contributed by atoms with Gasteiger partial charge in [0.05, 0.1) is 7.11 Å². The molecule has 1 aromatic carbocycles. The van der Waals surface area contributed by atoms with E-state index in [1.807, 2.05) is 17.0 Å². The molecule has 2 aromatic rings. The fourth-order valence-electron chi connectivity index (χ4n) is 3.12. The number of para-hydroxylation sites is 1. The van der Waals surface area contributed by atoms with Crippen LogP contribution in [0.1, 0.15) is 29.4 Å². The van der Waals surface area contributed by atoms with Gasteiger partial charge < -0.3 is 14.5 Å². The van der Waals surface area contributed by atoms with Gasteiger partial charge in [-0.2, -0.15) is 0 Å². The maximum absolute atomic E-state index is 13.0. The molecule has 3 rings (SSSR count). The van der Waals surface area contributed by atoms with Crippen LogP contribution in [0.3, 0.4) is 0 Å². The van der Waals surface area contributed by atoms with E-state index < -0.39 is 0 Å². The van der Waals surface area contributed by atoms with Gasteiger partial charge in [-0.25, -0.2) is 0 Å². The molecule has 6 heteroatoms. The number of rotatable bonds is 3. The minimum atomic E-state index is -0.0953. The van der Waals surface area contributed by atoms with E-state index >= 15 is 0 Å². The van der Waals surface area contributed by atoms with Gasteiger partial charge >= 0.3 is 0 Å². The van der Waals surface area contributed by atoms with Crippen molar-refractivity contribution >= 4 is 11.6 Å². The second-order valence-corrected chi connectivity index (χ2v) is 5.97. The number of ether oxygens (including phenoxy) is 1. The van der Waals surface area contributed by atoms with E-state index in [1.54, 1.807) is 12.1 Å². The summed E-state index contributed by atoms with van der Waals surface area (Å²) in [5.41, 5.74) is 2.66. The van der Waals surface area contributed by atoms with Crippen molar-refractivity contribution in [2.24, 2.45) is 0 Å². The molecule has 24 heavy (non-hydrogen) atoms. The predicted octanol–water partition coefficient (Wildman–Crippen LogP) is 2.36. The van der Waals surface area contributed by atoms with Crippen molar-refractivity contribution in [2.75, 3.05) is 25.6 Å². The van der Waals surface area contributed by atoms with Crippen molar-refractivity contribution < 1.29 is 9.53 Å². The molecule has 126 valence electrons. The van der Waals surface area contributed by atoms with E-state index in [2.05, 4.69) is 41.2 Å². The number of methoxy groups -OCH3 is 1. The number of hydrogen-bond acceptors (Lipinski definition) is 5. The summed E-state index contributed by atoms with van der Waals surface area (Å²) in [6.07, 6.45) is 0.883. The van der Waals surface area contributed by atoms with Gasteiger partial charge in [-0.3, -0.25) is 4.79 Å². The number of benzene rings is 1. The Morgan fingerprint density at radius 1 is 1.25 bits per heavy atom. The van der Waals surface area contributed by atoms with E-state index in [9.17, 15) is 4.79 Å². The lowest BCUT2D eigenvalue weighted by Crippen LogP contribution is -2.43. The predicted molar refractivity (Wildman–Crippen MR) is 92.2 cm³/mol. The highest BCUT2D eigenvalue weighted by Crippen LogP contribution is 2.27. The first-order chi connectivity index (χ1) is 11.6. The molecule has 0 bridgehead atoms. The van der Waals surface area contributed by atoms with Gasteiger partial charge in [0.2, 0.25) is 5.88 Å². The Kier molecular flexibility index (Phi) is 4.64. The lowest BCUT2D eigenvalue weighted by atomic mass is 10.1. The molecular weight excluding hydrogens is 304 g/mol. The number of anilines is 1. The molecule has 0 saturated carbocycles. The summed E-state index contributed by atoms with van der Waals surface area (Å²) in [4.78, 5) is 17.1. The van der Waals surface area contributed by atoms with Crippen LogP contribution in [0.2, 0.25) is 0 Å². The maximum atomic E-state index is 13.0. The monoisotopic (exact) mass is 326 g/mol. The molecule has 0 aliphatic carbocycles. The third kappa shape index (κ3) is 3.04. The van der Waals surface area contributed by atoms with Gasteiger partial charge in [-0.05, 0) is 24.1 Å². The first-order valence-corrected chi connectivity index (χ1v) is 8.11. The summed E-state index contributed by atoms with van der Waals surface area (Å²) < 4.78 is 5.01. The second kappa shape index (κ2) is 6.86. The van der Waals surface area contributed by atoms with Gasteiger partial charge in [-0.15, -0.1) is 10.2 Å². The average molecular weight is 326 g/mol. The summed E-state index contributed by atoms with van der Waals surface area (Å²) in [6.45, 7) is 3.48. The fourth-order valence-corrected chi connectivity index (χ4v) is 3.12. The van der Waals surface area contributed by atoms with Crippen molar-refractivity contribution in [1.82, 2.24) is 15.1 Å². The van der Waals surface area contributed by atoms with Gasteiger partial charge in [0.15, 0.2) is 5.69 Å². The van der Waals surface area contributed by atoms with Crippen LogP contribution in [0.25, 0.3) is 0 Å². The first-order valence-electron chi connectivity index (χ1n) is 8.11. The Hall–Kier alpha value is -2.63. The molecule has 1 amide bonds. The Morgan fingerprint density at radius 3 is 2.71 bits per heavy atom. The third-order valence-electron chi connectivity index (χ3n) is 4.47. The van der Waals surface area contributed by atoms with Gasteiger partial charge in [0.1, 0.15) is 0 Å². The zero-order chi connectivity index (χ0) is 17.1. The van der Waals surface area contributed by atoms with Crippen molar-refractivity contribution in [3.8, 4) is 5.88 Å². The summed E-state index contributed by atoms with van der Waals surface area (Å²) >= 11 is 0. The zero-order valence-corrected chi connectivity index (χ0v) is 14.3. The quantitative estimate of drug-likeness (QED) is 0.866. The number of fused-ring (bicyclic) bond motifs is 1. The van der Waals surface area contributed by atoms with E-state index in [4.69, 9.17) is 4.74 Å². The van der Waals surface area contributed by atoms with E-state index in [0.717, 1.165) is 18.5 Å². The van der Waals surface area contributed by atoms with Gasteiger partial charge in [-0.1, -0.05) is 25.1 Å². The Morgan fingerprint density at radius 2 is 2.04 bits per heavy atom. The highest BCUT2D eigenvalue weighted by molar-refractivity contribution is 5.92. The van der Waals surface area contributed by atoms with Gasteiger partial charge in [0.25, 0.3) is 5.91 Å². The molecule has 0 unspecified atom stereocenters. The van der Waals surface area contributed by atoms with E-state index in [-0.39, 0.29) is 11.9 Å². The zero-order valence-electron chi connectivity index (χ0n) is 14.3. The van der Waals surface area contributed by atoms with Crippen LogP contribution in [-0.4, -0.2) is 47.7 Å². The van der Waals surface area contributed by atoms with Crippen molar-refractivity contribution in [2.45, 2.75) is 25.9 Å². The fraction of sp³-hybridized carbons (Fsp3) is 0.389. The number of aromatic nitrogens is 2. The Labute approximate surface area is 142 Å². The molecule has 0 radical (unpaired) electrons. The van der Waals surface area contributed by atoms with Gasteiger partial charge in [0, 0.05) is 37.9 Å². The summed E-state index contributed by atoms with van der Waals surface area (Å²) in [5.74, 6) is 0.307.